The summed E-state index contributed by atoms with van der Waals surface area (Å²) in [5, 5.41) is 10.4. The quantitative estimate of drug-likeness (QED) is 0.827. The van der Waals surface area contributed by atoms with Crippen LogP contribution in [0.3, 0.4) is 0 Å². The van der Waals surface area contributed by atoms with Gasteiger partial charge in [0.15, 0.2) is 0 Å². The molecule has 0 aliphatic rings. The average molecular weight is 259 g/mol. The van der Waals surface area contributed by atoms with E-state index in [1.807, 2.05) is 12.1 Å². The van der Waals surface area contributed by atoms with E-state index < -0.39 is 6.10 Å². The Bertz CT molecular complexity index is 569. The fraction of sp³-hybridized carbons (Fsp3) is 0.200. The second-order valence-corrected chi connectivity index (χ2v) is 4.18. The van der Waals surface area contributed by atoms with Crippen molar-refractivity contribution in [3.8, 4) is 11.5 Å². The monoisotopic (exact) mass is 259 g/mol. The molecule has 2 rings (SSSR count). The minimum Gasteiger partial charge on any atom is -0.497 e. The zero-order valence-electron chi connectivity index (χ0n) is 11.0. The van der Waals surface area contributed by atoms with Crippen molar-refractivity contribution < 1.29 is 14.6 Å². The lowest BCUT2D eigenvalue weighted by Gasteiger charge is -2.16. The molecule has 100 valence electrons. The molecule has 0 saturated carbocycles. The molecule has 0 radical (unpaired) electrons. The van der Waals surface area contributed by atoms with Crippen LogP contribution in [0.2, 0.25) is 0 Å². The highest BCUT2D eigenvalue weighted by Crippen LogP contribution is 2.33. The largest absolute Gasteiger partial charge is 0.497 e. The summed E-state index contributed by atoms with van der Waals surface area (Å²) in [4.78, 5) is 0. The number of anilines is 1. The number of hydrogen-bond donors (Lipinski definition) is 2. The third-order valence-electron chi connectivity index (χ3n) is 2.96. The molecule has 2 aromatic rings. The highest BCUT2D eigenvalue weighted by atomic mass is 16.5. The van der Waals surface area contributed by atoms with Crippen molar-refractivity contribution in [1.82, 2.24) is 0 Å². The fourth-order valence-corrected chi connectivity index (χ4v) is 1.95. The lowest BCUT2D eigenvalue weighted by molar-refractivity contribution is 0.214. The number of rotatable bonds is 4. The predicted molar refractivity (Wildman–Crippen MR) is 74.5 cm³/mol. The van der Waals surface area contributed by atoms with Crippen LogP contribution in [0.15, 0.2) is 42.5 Å². The summed E-state index contributed by atoms with van der Waals surface area (Å²) >= 11 is 0. The van der Waals surface area contributed by atoms with Crippen molar-refractivity contribution in [3.05, 3.63) is 53.6 Å². The summed E-state index contributed by atoms with van der Waals surface area (Å²) in [7, 11) is 3.15. The highest BCUT2D eigenvalue weighted by Gasteiger charge is 2.16. The molecule has 0 aliphatic heterocycles. The summed E-state index contributed by atoms with van der Waals surface area (Å²) in [6.07, 6.45) is -0.788. The van der Waals surface area contributed by atoms with Crippen LogP contribution in [0.1, 0.15) is 17.2 Å². The van der Waals surface area contributed by atoms with Gasteiger partial charge in [0.05, 0.1) is 14.2 Å². The average Bonchev–Trinajstić information content (AvgIpc) is 2.45. The molecule has 0 heterocycles. The van der Waals surface area contributed by atoms with E-state index in [0.29, 0.717) is 22.7 Å². The highest BCUT2D eigenvalue weighted by molar-refractivity contribution is 5.48. The molecule has 0 unspecified atom stereocenters. The van der Waals surface area contributed by atoms with Gasteiger partial charge in [0, 0.05) is 17.3 Å². The molecule has 0 aromatic heterocycles. The molecule has 3 N–H and O–H groups in total. The predicted octanol–water partition coefficient (Wildman–Crippen LogP) is 2.37. The maximum atomic E-state index is 10.4. The van der Waals surface area contributed by atoms with Crippen molar-refractivity contribution >= 4 is 5.69 Å². The smallest absolute Gasteiger partial charge is 0.128 e. The molecule has 0 amide bonds. The van der Waals surface area contributed by atoms with E-state index in [1.54, 1.807) is 44.6 Å². The second-order valence-electron chi connectivity index (χ2n) is 4.18. The van der Waals surface area contributed by atoms with Crippen LogP contribution in [-0.4, -0.2) is 19.3 Å². The van der Waals surface area contributed by atoms with Crippen molar-refractivity contribution in [1.29, 1.82) is 0 Å². The van der Waals surface area contributed by atoms with Gasteiger partial charge in [-0.3, -0.25) is 0 Å². The maximum absolute atomic E-state index is 10.4. The normalized spacial score (nSPS) is 11.9. The molecule has 2 aromatic carbocycles. The minimum atomic E-state index is -0.788. The number of aliphatic hydroxyl groups is 1. The minimum absolute atomic E-state index is 0.578. The lowest BCUT2D eigenvalue weighted by atomic mass is 10.00. The molecule has 19 heavy (non-hydrogen) atoms. The van der Waals surface area contributed by atoms with Gasteiger partial charge in [0.2, 0.25) is 0 Å². The Morgan fingerprint density at radius 3 is 2.47 bits per heavy atom. The van der Waals surface area contributed by atoms with Gasteiger partial charge in [-0.1, -0.05) is 12.1 Å². The number of hydrogen-bond acceptors (Lipinski definition) is 4. The van der Waals surface area contributed by atoms with Crippen LogP contribution in [0.25, 0.3) is 0 Å². The van der Waals surface area contributed by atoms with Crippen molar-refractivity contribution in [2.75, 3.05) is 20.0 Å². The van der Waals surface area contributed by atoms with E-state index in [-0.39, 0.29) is 0 Å². The van der Waals surface area contributed by atoms with Gasteiger partial charge in [0.1, 0.15) is 17.6 Å². The molecular weight excluding hydrogens is 242 g/mol. The van der Waals surface area contributed by atoms with E-state index in [0.717, 1.165) is 5.56 Å². The van der Waals surface area contributed by atoms with Gasteiger partial charge in [0.25, 0.3) is 0 Å². The van der Waals surface area contributed by atoms with Gasteiger partial charge in [-0.25, -0.2) is 0 Å². The Labute approximate surface area is 112 Å². The first kappa shape index (κ1) is 13.2. The number of ether oxygens (including phenoxy) is 2. The van der Waals surface area contributed by atoms with Gasteiger partial charge in [-0.15, -0.1) is 0 Å². The van der Waals surface area contributed by atoms with Crippen LogP contribution >= 0.6 is 0 Å². The molecule has 0 saturated heterocycles. The standard InChI is InChI=1S/C15H17NO3/c1-18-12-6-7-13(14(9-12)19-2)15(17)10-4-3-5-11(16)8-10/h3-9,15,17H,16H2,1-2H3/t15-/m0/s1. The molecule has 1 atom stereocenters. The van der Waals surface area contributed by atoms with Gasteiger partial charge in [-0.05, 0) is 29.8 Å². The zero-order chi connectivity index (χ0) is 13.8. The Balaban J connectivity index is 2.40. The molecule has 4 heteroatoms. The van der Waals surface area contributed by atoms with E-state index in [9.17, 15) is 5.11 Å². The number of methoxy groups -OCH3 is 2. The van der Waals surface area contributed by atoms with Crippen LogP contribution in [0.4, 0.5) is 5.69 Å². The number of benzene rings is 2. The van der Waals surface area contributed by atoms with Crippen LogP contribution in [0, 0.1) is 0 Å². The van der Waals surface area contributed by atoms with Crippen LogP contribution in [0.5, 0.6) is 11.5 Å². The summed E-state index contributed by atoms with van der Waals surface area (Å²) in [5.74, 6) is 1.26. The SMILES string of the molecule is COc1ccc([C@@H](O)c2cccc(N)c2)c(OC)c1. The van der Waals surface area contributed by atoms with Gasteiger partial charge < -0.3 is 20.3 Å². The summed E-state index contributed by atoms with van der Waals surface area (Å²) < 4.78 is 10.4. The van der Waals surface area contributed by atoms with Crippen molar-refractivity contribution in [2.24, 2.45) is 0 Å². The van der Waals surface area contributed by atoms with Crippen LogP contribution in [-0.2, 0) is 0 Å². The van der Waals surface area contributed by atoms with E-state index in [1.165, 1.54) is 0 Å². The third-order valence-corrected chi connectivity index (χ3v) is 2.96. The molecular formula is C15H17NO3. The summed E-state index contributed by atoms with van der Waals surface area (Å²) in [6.45, 7) is 0. The number of aliphatic hydroxyl groups excluding tert-OH is 1. The topological polar surface area (TPSA) is 64.7 Å². The lowest BCUT2D eigenvalue weighted by Crippen LogP contribution is -2.03. The zero-order valence-corrected chi connectivity index (χ0v) is 11.0. The first-order valence-electron chi connectivity index (χ1n) is 5.91. The Morgan fingerprint density at radius 2 is 1.84 bits per heavy atom. The Hall–Kier alpha value is -2.20. The van der Waals surface area contributed by atoms with Crippen molar-refractivity contribution in [2.45, 2.75) is 6.10 Å². The van der Waals surface area contributed by atoms with Gasteiger partial charge in [-0.2, -0.15) is 0 Å². The Kier molecular flexibility index (Phi) is 3.92. The Morgan fingerprint density at radius 1 is 1.05 bits per heavy atom. The van der Waals surface area contributed by atoms with Crippen LogP contribution < -0.4 is 15.2 Å². The maximum Gasteiger partial charge on any atom is 0.128 e. The number of nitrogens with two attached hydrogens (primary N) is 1. The third kappa shape index (κ3) is 2.80. The summed E-state index contributed by atoms with van der Waals surface area (Å²) in [5.41, 5.74) is 7.74. The van der Waals surface area contributed by atoms with Gasteiger partial charge >= 0.3 is 0 Å². The fourth-order valence-electron chi connectivity index (χ4n) is 1.95. The van der Waals surface area contributed by atoms with E-state index in [4.69, 9.17) is 15.2 Å². The van der Waals surface area contributed by atoms with E-state index in [2.05, 4.69) is 0 Å². The molecule has 0 fully saturated rings. The first-order valence-corrected chi connectivity index (χ1v) is 5.91. The molecule has 4 nitrogen and oxygen atoms in total. The number of nitrogen functional groups attached to an aromatic ring is 1. The van der Waals surface area contributed by atoms with Crippen molar-refractivity contribution in [3.63, 3.8) is 0 Å². The molecule has 0 bridgehead atoms. The second kappa shape index (κ2) is 5.63. The van der Waals surface area contributed by atoms with E-state index >= 15 is 0 Å². The first-order chi connectivity index (χ1) is 9.15. The molecule has 0 spiro atoms. The summed E-state index contributed by atoms with van der Waals surface area (Å²) in [6, 6.07) is 12.5. The molecule has 0 aliphatic carbocycles.